The van der Waals surface area contributed by atoms with Crippen LogP contribution in [-0.4, -0.2) is 29.3 Å². The summed E-state index contributed by atoms with van der Waals surface area (Å²) < 4.78 is 12.6. The Labute approximate surface area is 103 Å². The maximum absolute atomic E-state index is 5.41. The summed E-state index contributed by atoms with van der Waals surface area (Å²) in [4.78, 5) is 0. The SMILES string of the molecule is CCOC(CCn1c[c-]cn1)OCC.[Li+]. The quantitative estimate of drug-likeness (QED) is 0.307. The number of ether oxygens (including phenoxy) is 2. The third kappa shape index (κ3) is 6.01. The second-order valence-electron chi connectivity index (χ2n) is 2.83. The molecule has 0 fully saturated rings. The first-order valence-corrected chi connectivity index (χ1v) is 4.98. The molecule has 0 spiro atoms. The molecule has 0 aliphatic carbocycles. The van der Waals surface area contributed by atoms with Crippen molar-refractivity contribution in [3.8, 4) is 0 Å². The fourth-order valence-corrected chi connectivity index (χ4v) is 1.21. The minimum Gasteiger partial charge on any atom is -0.432 e. The van der Waals surface area contributed by atoms with Gasteiger partial charge < -0.3 is 20.2 Å². The van der Waals surface area contributed by atoms with Gasteiger partial charge in [0.15, 0.2) is 6.29 Å². The van der Waals surface area contributed by atoms with Crippen LogP contribution in [0.2, 0.25) is 0 Å². The summed E-state index contributed by atoms with van der Waals surface area (Å²) in [5.41, 5.74) is 0. The van der Waals surface area contributed by atoms with Gasteiger partial charge in [0.05, 0.1) is 0 Å². The fraction of sp³-hybridized carbons (Fsp3) is 0.700. The van der Waals surface area contributed by atoms with Gasteiger partial charge in [0.1, 0.15) is 0 Å². The van der Waals surface area contributed by atoms with Crippen LogP contribution in [0.3, 0.4) is 0 Å². The molecule has 4 nitrogen and oxygen atoms in total. The summed E-state index contributed by atoms with van der Waals surface area (Å²) in [6, 6.07) is 2.89. The normalized spacial score (nSPS) is 10.3. The average molecular weight is 204 g/mol. The monoisotopic (exact) mass is 204 g/mol. The van der Waals surface area contributed by atoms with E-state index in [9.17, 15) is 0 Å². The van der Waals surface area contributed by atoms with Crippen molar-refractivity contribution in [3.63, 3.8) is 0 Å². The summed E-state index contributed by atoms with van der Waals surface area (Å²) in [7, 11) is 0. The summed E-state index contributed by atoms with van der Waals surface area (Å²) in [6.45, 7) is 6.08. The zero-order valence-electron chi connectivity index (χ0n) is 9.77. The number of aromatic nitrogens is 2. The summed E-state index contributed by atoms with van der Waals surface area (Å²) in [6.07, 6.45) is 4.16. The molecular weight excluding hydrogens is 187 g/mol. The average Bonchev–Trinajstić information content (AvgIpc) is 2.67. The van der Waals surface area contributed by atoms with Gasteiger partial charge in [-0.05, 0) is 13.8 Å². The summed E-state index contributed by atoms with van der Waals surface area (Å²) in [5.74, 6) is 0. The molecule has 0 aliphatic heterocycles. The van der Waals surface area contributed by atoms with Crippen molar-refractivity contribution in [3.05, 3.63) is 18.5 Å². The molecule has 1 rings (SSSR count). The van der Waals surface area contributed by atoms with Gasteiger partial charge in [0.2, 0.25) is 0 Å². The molecule has 0 saturated heterocycles. The molecular formula is C10H17LiN2O2. The van der Waals surface area contributed by atoms with Crippen molar-refractivity contribution in [2.24, 2.45) is 0 Å². The van der Waals surface area contributed by atoms with Crippen LogP contribution in [0.25, 0.3) is 0 Å². The van der Waals surface area contributed by atoms with E-state index in [1.54, 1.807) is 6.20 Å². The maximum Gasteiger partial charge on any atom is 1.00 e. The molecule has 1 aromatic rings. The molecule has 0 amide bonds. The molecule has 0 aromatic carbocycles. The topological polar surface area (TPSA) is 36.3 Å². The third-order valence-corrected chi connectivity index (χ3v) is 1.80. The second-order valence-corrected chi connectivity index (χ2v) is 2.83. The molecule has 0 aliphatic rings. The van der Waals surface area contributed by atoms with Crippen LogP contribution < -0.4 is 18.9 Å². The molecule has 0 bridgehead atoms. The molecule has 80 valence electrons. The van der Waals surface area contributed by atoms with E-state index in [1.165, 1.54) is 0 Å². The van der Waals surface area contributed by atoms with Crippen LogP contribution in [0.15, 0.2) is 12.4 Å². The van der Waals surface area contributed by atoms with Crippen molar-refractivity contribution in [1.29, 1.82) is 0 Å². The van der Waals surface area contributed by atoms with E-state index in [1.807, 2.05) is 24.7 Å². The van der Waals surface area contributed by atoms with Gasteiger partial charge in [-0.25, -0.2) is 5.10 Å². The van der Waals surface area contributed by atoms with Crippen molar-refractivity contribution < 1.29 is 28.3 Å². The number of nitrogens with zero attached hydrogens (tertiary/aromatic N) is 2. The van der Waals surface area contributed by atoms with E-state index in [4.69, 9.17) is 9.47 Å². The van der Waals surface area contributed by atoms with Crippen LogP contribution in [0, 0.1) is 6.07 Å². The molecule has 1 aromatic heterocycles. The van der Waals surface area contributed by atoms with Gasteiger partial charge in [-0.3, -0.25) is 0 Å². The minimum absolute atomic E-state index is 0. The van der Waals surface area contributed by atoms with Crippen molar-refractivity contribution in [1.82, 2.24) is 9.78 Å². The zero-order valence-corrected chi connectivity index (χ0v) is 9.77. The van der Waals surface area contributed by atoms with Crippen molar-refractivity contribution in [2.45, 2.75) is 33.1 Å². The van der Waals surface area contributed by atoms with Crippen LogP contribution in [0.4, 0.5) is 0 Å². The number of rotatable bonds is 7. The molecule has 0 radical (unpaired) electrons. The van der Waals surface area contributed by atoms with Crippen molar-refractivity contribution >= 4 is 0 Å². The van der Waals surface area contributed by atoms with Crippen LogP contribution in [0.1, 0.15) is 20.3 Å². The van der Waals surface area contributed by atoms with Crippen LogP contribution in [0.5, 0.6) is 0 Å². The predicted molar refractivity (Wildman–Crippen MR) is 52.7 cm³/mol. The predicted octanol–water partition coefficient (Wildman–Crippen LogP) is -1.52. The Bertz CT molecular complexity index is 223. The standard InChI is InChI=1S/C10H17N2O2.Li/c1-3-13-10(14-4-2)6-9-12-8-5-7-11-12;/h7-8,10H,3-4,6,9H2,1-2H3;/q-1;+1. The van der Waals surface area contributed by atoms with Crippen LogP contribution >= 0.6 is 0 Å². The zero-order chi connectivity index (χ0) is 10.2. The van der Waals surface area contributed by atoms with E-state index in [0.717, 1.165) is 13.0 Å². The molecule has 15 heavy (non-hydrogen) atoms. The van der Waals surface area contributed by atoms with Gasteiger partial charge >= 0.3 is 18.9 Å². The number of hydrogen-bond donors (Lipinski definition) is 0. The van der Waals surface area contributed by atoms with Crippen LogP contribution in [-0.2, 0) is 16.0 Å². The minimum atomic E-state index is -0.116. The van der Waals surface area contributed by atoms with E-state index in [0.29, 0.717) is 13.2 Å². The number of hydrogen-bond acceptors (Lipinski definition) is 3. The Morgan fingerprint density at radius 1 is 1.33 bits per heavy atom. The van der Waals surface area contributed by atoms with E-state index >= 15 is 0 Å². The smallest absolute Gasteiger partial charge is 0.432 e. The van der Waals surface area contributed by atoms with E-state index < -0.39 is 0 Å². The Kier molecular flexibility index (Phi) is 8.83. The van der Waals surface area contributed by atoms with Gasteiger partial charge in [0, 0.05) is 26.2 Å². The third-order valence-electron chi connectivity index (χ3n) is 1.80. The Balaban J connectivity index is 0.00000196. The van der Waals surface area contributed by atoms with Gasteiger partial charge in [0.25, 0.3) is 0 Å². The Hall–Kier alpha value is -0.273. The molecule has 0 N–H and O–H groups in total. The molecule has 0 saturated carbocycles. The summed E-state index contributed by atoms with van der Waals surface area (Å²) in [5, 5.41) is 4.06. The Morgan fingerprint density at radius 2 is 2.00 bits per heavy atom. The summed E-state index contributed by atoms with van der Waals surface area (Å²) >= 11 is 0. The largest absolute Gasteiger partial charge is 1.00 e. The van der Waals surface area contributed by atoms with E-state index in [-0.39, 0.29) is 25.2 Å². The first-order chi connectivity index (χ1) is 6.86. The second kappa shape index (κ2) is 8.99. The fourth-order valence-electron chi connectivity index (χ4n) is 1.21. The number of aryl methyl sites for hydroxylation is 1. The molecule has 0 unspecified atom stereocenters. The van der Waals surface area contributed by atoms with E-state index in [2.05, 4.69) is 11.2 Å². The molecule has 5 heteroatoms. The van der Waals surface area contributed by atoms with Gasteiger partial charge in [-0.15, -0.1) is 6.20 Å². The molecule has 0 atom stereocenters. The first kappa shape index (κ1) is 14.7. The van der Waals surface area contributed by atoms with Gasteiger partial charge in [-0.1, -0.05) is 0 Å². The van der Waals surface area contributed by atoms with Gasteiger partial charge in [-0.2, -0.15) is 6.20 Å². The Morgan fingerprint density at radius 3 is 2.47 bits per heavy atom. The molecule has 1 heterocycles. The first-order valence-electron chi connectivity index (χ1n) is 4.98. The maximum atomic E-state index is 5.41. The van der Waals surface area contributed by atoms with Crippen molar-refractivity contribution in [2.75, 3.05) is 13.2 Å².